The van der Waals surface area contributed by atoms with Crippen molar-refractivity contribution in [1.82, 2.24) is 0 Å². The molecule has 66 valence electrons. The van der Waals surface area contributed by atoms with Crippen molar-refractivity contribution in [2.75, 3.05) is 25.6 Å². The summed E-state index contributed by atoms with van der Waals surface area (Å²) in [7, 11) is 0. The summed E-state index contributed by atoms with van der Waals surface area (Å²) >= 11 is 4.24. The monoisotopic (exact) mass is 176 g/mol. The summed E-state index contributed by atoms with van der Waals surface area (Å²) in [5.74, 6) is 0.862. The van der Waals surface area contributed by atoms with Gasteiger partial charge < -0.3 is 9.47 Å². The number of rotatable bonds is 4. The molecule has 0 saturated carbocycles. The Balaban J connectivity index is 2.09. The second kappa shape index (κ2) is 3.78. The molecular formula is C8H16O2S. The van der Waals surface area contributed by atoms with Gasteiger partial charge in [-0.15, -0.1) is 0 Å². The first-order valence-corrected chi connectivity index (χ1v) is 4.57. The third kappa shape index (κ3) is 3.01. The van der Waals surface area contributed by atoms with Gasteiger partial charge in [0.2, 0.25) is 0 Å². The fraction of sp³-hybridized carbons (Fsp3) is 1.00. The van der Waals surface area contributed by atoms with Crippen LogP contribution >= 0.6 is 12.6 Å². The standard InChI is InChI=1S/C8H16O2S/c1-8(2,6-11)5-10-7-3-9-4-7/h7,11H,3-6H2,1-2H3. The quantitative estimate of drug-likeness (QED) is 0.652. The Bertz CT molecular complexity index is 121. The van der Waals surface area contributed by atoms with Gasteiger partial charge in [0, 0.05) is 0 Å². The van der Waals surface area contributed by atoms with E-state index in [0.717, 1.165) is 25.6 Å². The fourth-order valence-electron chi connectivity index (χ4n) is 0.699. The van der Waals surface area contributed by atoms with E-state index in [1.165, 1.54) is 0 Å². The molecule has 0 aliphatic carbocycles. The minimum Gasteiger partial charge on any atom is -0.376 e. The molecule has 0 aromatic heterocycles. The van der Waals surface area contributed by atoms with E-state index in [-0.39, 0.29) is 5.41 Å². The van der Waals surface area contributed by atoms with Crippen LogP contribution in [0.1, 0.15) is 13.8 Å². The van der Waals surface area contributed by atoms with E-state index in [0.29, 0.717) is 6.10 Å². The predicted octanol–water partition coefficient (Wildman–Crippen LogP) is 1.36. The largest absolute Gasteiger partial charge is 0.376 e. The average Bonchev–Trinajstić information content (AvgIpc) is 1.84. The van der Waals surface area contributed by atoms with Crippen LogP contribution in [0.25, 0.3) is 0 Å². The van der Waals surface area contributed by atoms with E-state index in [4.69, 9.17) is 9.47 Å². The Hall–Kier alpha value is 0.270. The van der Waals surface area contributed by atoms with Gasteiger partial charge in [-0.25, -0.2) is 0 Å². The summed E-state index contributed by atoms with van der Waals surface area (Å²) in [5.41, 5.74) is 0.193. The van der Waals surface area contributed by atoms with Crippen molar-refractivity contribution in [3.8, 4) is 0 Å². The van der Waals surface area contributed by atoms with Crippen LogP contribution < -0.4 is 0 Å². The molecule has 0 unspecified atom stereocenters. The molecule has 1 aliphatic rings. The van der Waals surface area contributed by atoms with E-state index >= 15 is 0 Å². The molecule has 0 bridgehead atoms. The maximum absolute atomic E-state index is 5.56. The lowest BCUT2D eigenvalue weighted by molar-refractivity contribution is -0.141. The summed E-state index contributed by atoms with van der Waals surface area (Å²) in [6.07, 6.45) is 0.342. The highest BCUT2D eigenvalue weighted by atomic mass is 32.1. The molecule has 0 atom stereocenters. The molecule has 0 N–H and O–H groups in total. The van der Waals surface area contributed by atoms with Crippen molar-refractivity contribution >= 4 is 12.6 Å². The molecule has 11 heavy (non-hydrogen) atoms. The molecule has 0 aromatic rings. The lowest BCUT2D eigenvalue weighted by Crippen LogP contribution is -2.38. The second-order valence-electron chi connectivity index (χ2n) is 3.79. The highest BCUT2D eigenvalue weighted by molar-refractivity contribution is 7.80. The molecule has 2 nitrogen and oxygen atoms in total. The number of hydrogen-bond acceptors (Lipinski definition) is 3. The van der Waals surface area contributed by atoms with Gasteiger partial charge in [-0.3, -0.25) is 0 Å². The van der Waals surface area contributed by atoms with E-state index in [9.17, 15) is 0 Å². The zero-order valence-electron chi connectivity index (χ0n) is 7.17. The first kappa shape index (κ1) is 9.36. The third-order valence-corrected chi connectivity index (χ3v) is 2.60. The first-order chi connectivity index (χ1) is 5.14. The van der Waals surface area contributed by atoms with Crippen LogP contribution in [0.5, 0.6) is 0 Å². The van der Waals surface area contributed by atoms with Gasteiger partial charge in [0.1, 0.15) is 6.10 Å². The Labute approximate surface area is 73.7 Å². The van der Waals surface area contributed by atoms with Crippen LogP contribution in [0.2, 0.25) is 0 Å². The normalized spacial score (nSPS) is 19.9. The van der Waals surface area contributed by atoms with Crippen LogP contribution in [-0.4, -0.2) is 31.7 Å². The van der Waals surface area contributed by atoms with Gasteiger partial charge in [-0.05, 0) is 11.2 Å². The Morgan fingerprint density at radius 3 is 2.55 bits per heavy atom. The van der Waals surface area contributed by atoms with E-state index in [2.05, 4.69) is 26.5 Å². The summed E-state index contributed by atoms with van der Waals surface area (Å²) in [5, 5.41) is 0. The SMILES string of the molecule is CC(C)(CS)COC1COC1. The van der Waals surface area contributed by atoms with Crippen LogP contribution in [0.4, 0.5) is 0 Å². The summed E-state index contributed by atoms with van der Waals surface area (Å²) in [4.78, 5) is 0. The fourth-order valence-corrected chi connectivity index (χ4v) is 0.791. The van der Waals surface area contributed by atoms with Crippen LogP contribution in [0.15, 0.2) is 0 Å². The lowest BCUT2D eigenvalue weighted by atomic mass is 9.98. The molecule has 1 heterocycles. The average molecular weight is 176 g/mol. The van der Waals surface area contributed by atoms with Crippen molar-refractivity contribution in [3.05, 3.63) is 0 Å². The number of thiol groups is 1. The highest BCUT2D eigenvalue weighted by Crippen LogP contribution is 2.19. The smallest absolute Gasteiger partial charge is 0.104 e. The number of hydrogen-bond donors (Lipinski definition) is 1. The van der Waals surface area contributed by atoms with E-state index < -0.39 is 0 Å². The maximum Gasteiger partial charge on any atom is 0.104 e. The van der Waals surface area contributed by atoms with E-state index in [1.807, 2.05) is 0 Å². The van der Waals surface area contributed by atoms with Crippen molar-refractivity contribution < 1.29 is 9.47 Å². The molecule has 0 radical (unpaired) electrons. The van der Waals surface area contributed by atoms with Crippen molar-refractivity contribution in [2.45, 2.75) is 20.0 Å². The first-order valence-electron chi connectivity index (χ1n) is 3.94. The van der Waals surface area contributed by atoms with Gasteiger partial charge >= 0.3 is 0 Å². The van der Waals surface area contributed by atoms with Gasteiger partial charge in [0.05, 0.1) is 19.8 Å². The minimum atomic E-state index is 0.193. The Morgan fingerprint density at radius 1 is 1.55 bits per heavy atom. The summed E-state index contributed by atoms with van der Waals surface area (Å²) in [6, 6.07) is 0. The molecule has 0 aromatic carbocycles. The predicted molar refractivity (Wildman–Crippen MR) is 48.2 cm³/mol. The van der Waals surface area contributed by atoms with Gasteiger partial charge in [0.25, 0.3) is 0 Å². The molecule has 0 spiro atoms. The Kier molecular flexibility index (Phi) is 3.22. The second-order valence-corrected chi connectivity index (χ2v) is 4.11. The molecule has 1 aliphatic heterocycles. The molecule has 3 heteroatoms. The lowest BCUT2D eigenvalue weighted by Gasteiger charge is -2.30. The summed E-state index contributed by atoms with van der Waals surface area (Å²) < 4.78 is 10.5. The minimum absolute atomic E-state index is 0.193. The number of ether oxygens (including phenoxy) is 2. The molecule has 0 amide bonds. The molecular weight excluding hydrogens is 160 g/mol. The zero-order chi connectivity index (χ0) is 8.32. The van der Waals surface area contributed by atoms with Gasteiger partial charge in [-0.2, -0.15) is 12.6 Å². The molecule has 1 saturated heterocycles. The molecule has 1 rings (SSSR count). The van der Waals surface area contributed by atoms with Crippen LogP contribution in [0, 0.1) is 5.41 Å². The Morgan fingerprint density at radius 2 is 2.18 bits per heavy atom. The maximum atomic E-state index is 5.56. The van der Waals surface area contributed by atoms with Crippen LogP contribution in [-0.2, 0) is 9.47 Å². The highest BCUT2D eigenvalue weighted by Gasteiger charge is 2.23. The van der Waals surface area contributed by atoms with Crippen molar-refractivity contribution in [3.63, 3.8) is 0 Å². The molecule has 1 fully saturated rings. The van der Waals surface area contributed by atoms with E-state index in [1.54, 1.807) is 0 Å². The zero-order valence-corrected chi connectivity index (χ0v) is 8.06. The third-order valence-electron chi connectivity index (χ3n) is 1.75. The summed E-state index contributed by atoms with van der Waals surface area (Å²) in [6.45, 7) is 6.62. The van der Waals surface area contributed by atoms with Gasteiger partial charge in [0.15, 0.2) is 0 Å². The topological polar surface area (TPSA) is 18.5 Å². The van der Waals surface area contributed by atoms with Crippen molar-refractivity contribution in [1.29, 1.82) is 0 Å². The van der Waals surface area contributed by atoms with Crippen LogP contribution in [0.3, 0.4) is 0 Å². The van der Waals surface area contributed by atoms with Crippen molar-refractivity contribution in [2.24, 2.45) is 5.41 Å². The van der Waals surface area contributed by atoms with Gasteiger partial charge in [-0.1, -0.05) is 13.8 Å².